The van der Waals surface area contributed by atoms with Gasteiger partial charge in [0.1, 0.15) is 5.52 Å². The van der Waals surface area contributed by atoms with Crippen molar-refractivity contribution in [3.8, 4) is 5.69 Å². The van der Waals surface area contributed by atoms with Crippen LogP contribution < -0.4 is 0 Å². The Morgan fingerprint density at radius 2 is 2.00 bits per heavy atom. The van der Waals surface area contributed by atoms with Crippen molar-refractivity contribution in [1.82, 2.24) is 29.7 Å². The number of aromatic nitrogens is 5. The molecule has 0 spiro atoms. The Balaban J connectivity index is 1.39. The first kappa shape index (κ1) is 17.0. The van der Waals surface area contributed by atoms with E-state index in [1.54, 1.807) is 20.5 Å². The van der Waals surface area contributed by atoms with Gasteiger partial charge in [-0.15, -0.1) is 5.10 Å². The highest BCUT2D eigenvalue weighted by molar-refractivity contribution is 5.77. The van der Waals surface area contributed by atoms with Gasteiger partial charge in [-0.2, -0.15) is 5.10 Å². The Labute approximate surface area is 156 Å². The Bertz CT molecular complexity index is 1050. The molecule has 0 fully saturated rings. The molecule has 0 bridgehead atoms. The molecule has 4 aromatic rings. The lowest BCUT2D eigenvalue weighted by molar-refractivity contribution is -0.130. The van der Waals surface area contributed by atoms with E-state index in [4.69, 9.17) is 0 Å². The van der Waals surface area contributed by atoms with Crippen LogP contribution in [-0.4, -0.2) is 42.6 Å². The van der Waals surface area contributed by atoms with Gasteiger partial charge in [-0.1, -0.05) is 29.5 Å². The van der Waals surface area contributed by atoms with Crippen LogP contribution in [0, 0.1) is 0 Å². The molecule has 0 saturated carbocycles. The molecule has 7 heteroatoms. The number of fused-ring (bicyclic) bond motifs is 1. The molecule has 0 radical (unpaired) electrons. The van der Waals surface area contributed by atoms with Gasteiger partial charge in [0, 0.05) is 32.4 Å². The van der Waals surface area contributed by atoms with Gasteiger partial charge < -0.3 is 4.90 Å². The molecule has 1 amide bonds. The van der Waals surface area contributed by atoms with E-state index in [-0.39, 0.29) is 5.91 Å². The average Bonchev–Trinajstić information content (AvgIpc) is 3.36. The van der Waals surface area contributed by atoms with Crippen LogP contribution in [0.2, 0.25) is 0 Å². The third kappa shape index (κ3) is 3.72. The first-order valence-corrected chi connectivity index (χ1v) is 8.82. The van der Waals surface area contributed by atoms with E-state index in [1.807, 2.05) is 67.8 Å². The maximum absolute atomic E-state index is 12.5. The molecular formula is C20H20N6O. The summed E-state index contributed by atoms with van der Waals surface area (Å²) in [7, 11) is 1.82. The number of carbonyl (C=O) groups excluding carboxylic acids is 1. The van der Waals surface area contributed by atoms with Crippen LogP contribution >= 0.6 is 0 Å². The molecule has 0 aliphatic rings. The molecule has 2 aromatic heterocycles. The van der Waals surface area contributed by atoms with Crippen molar-refractivity contribution in [3.05, 3.63) is 72.6 Å². The van der Waals surface area contributed by atoms with Crippen molar-refractivity contribution < 1.29 is 4.79 Å². The van der Waals surface area contributed by atoms with E-state index >= 15 is 0 Å². The topological polar surface area (TPSA) is 68.8 Å². The summed E-state index contributed by atoms with van der Waals surface area (Å²) >= 11 is 0. The van der Waals surface area contributed by atoms with Crippen molar-refractivity contribution in [2.75, 3.05) is 7.05 Å². The first-order valence-electron chi connectivity index (χ1n) is 8.82. The summed E-state index contributed by atoms with van der Waals surface area (Å²) in [5, 5.41) is 12.5. The van der Waals surface area contributed by atoms with E-state index in [1.165, 1.54) is 0 Å². The molecule has 0 atom stereocenters. The normalized spacial score (nSPS) is 11.0. The summed E-state index contributed by atoms with van der Waals surface area (Å²) in [5.41, 5.74) is 3.83. The minimum atomic E-state index is 0.0686. The molecule has 0 aliphatic heterocycles. The van der Waals surface area contributed by atoms with Gasteiger partial charge >= 0.3 is 0 Å². The summed E-state index contributed by atoms with van der Waals surface area (Å²) in [4.78, 5) is 14.3. The lowest BCUT2D eigenvalue weighted by Crippen LogP contribution is -2.27. The van der Waals surface area contributed by atoms with Gasteiger partial charge in [-0.05, 0) is 35.9 Å². The number of rotatable bonds is 6. The Morgan fingerprint density at radius 1 is 1.11 bits per heavy atom. The van der Waals surface area contributed by atoms with Gasteiger partial charge in [0.2, 0.25) is 5.91 Å². The Hall–Kier alpha value is -3.48. The maximum atomic E-state index is 12.5. The number of aryl methyl sites for hydroxylation is 1. The molecule has 27 heavy (non-hydrogen) atoms. The largest absolute Gasteiger partial charge is 0.341 e. The van der Waals surface area contributed by atoms with Crippen LogP contribution in [0.15, 0.2) is 67.0 Å². The highest BCUT2D eigenvalue weighted by atomic mass is 16.2. The molecule has 0 aliphatic carbocycles. The van der Waals surface area contributed by atoms with Crippen LogP contribution in [0.1, 0.15) is 12.0 Å². The van der Waals surface area contributed by atoms with Crippen LogP contribution in [0.4, 0.5) is 0 Å². The van der Waals surface area contributed by atoms with E-state index in [0.717, 1.165) is 22.3 Å². The predicted molar refractivity (Wildman–Crippen MR) is 102 cm³/mol. The van der Waals surface area contributed by atoms with Crippen molar-refractivity contribution in [3.63, 3.8) is 0 Å². The number of nitrogens with zero attached hydrogens (tertiary/aromatic N) is 6. The summed E-state index contributed by atoms with van der Waals surface area (Å²) < 4.78 is 3.58. The molecule has 0 saturated heterocycles. The first-order chi connectivity index (χ1) is 13.2. The van der Waals surface area contributed by atoms with Crippen molar-refractivity contribution in [1.29, 1.82) is 0 Å². The number of hydrogen-bond donors (Lipinski definition) is 0. The van der Waals surface area contributed by atoms with Crippen molar-refractivity contribution in [2.24, 2.45) is 0 Å². The van der Waals surface area contributed by atoms with E-state index in [9.17, 15) is 4.79 Å². The maximum Gasteiger partial charge on any atom is 0.224 e. The zero-order valence-corrected chi connectivity index (χ0v) is 15.1. The van der Waals surface area contributed by atoms with Crippen molar-refractivity contribution in [2.45, 2.75) is 19.5 Å². The van der Waals surface area contributed by atoms with Crippen LogP contribution in [0.5, 0.6) is 0 Å². The molecule has 2 aromatic carbocycles. The smallest absolute Gasteiger partial charge is 0.224 e. The fourth-order valence-corrected chi connectivity index (χ4v) is 3.06. The van der Waals surface area contributed by atoms with Gasteiger partial charge in [0.15, 0.2) is 0 Å². The van der Waals surface area contributed by atoms with Gasteiger partial charge in [-0.25, -0.2) is 9.36 Å². The number of carbonyl (C=O) groups is 1. The monoisotopic (exact) mass is 360 g/mol. The van der Waals surface area contributed by atoms with Gasteiger partial charge in [0.25, 0.3) is 0 Å². The molecule has 0 N–H and O–H groups in total. The second-order valence-electron chi connectivity index (χ2n) is 6.42. The molecular weight excluding hydrogens is 340 g/mol. The van der Waals surface area contributed by atoms with Crippen LogP contribution in [0.3, 0.4) is 0 Å². The quantitative estimate of drug-likeness (QED) is 0.530. The van der Waals surface area contributed by atoms with E-state index < -0.39 is 0 Å². The highest BCUT2D eigenvalue weighted by Crippen LogP contribution is 2.13. The summed E-state index contributed by atoms with van der Waals surface area (Å²) in [6.45, 7) is 1.06. The summed E-state index contributed by atoms with van der Waals surface area (Å²) in [6, 6.07) is 17.7. The minimum absolute atomic E-state index is 0.0686. The third-order valence-corrected chi connectivity index (χ3v) is 4.48. The minimum Gasteiger partial charge on any atom is -0.341 e. The summed E-state index contributed by atoms with van der Waals surface area (Å²) in [6.07, 6.45) is 4.02. The zero-order chi connectivity index (χ0) is 18.6. The second-order valence-corrected chi connectivity index (χ2v) is 6.42. The van der Waals surface area contributed by atoms with Gasteiger partial charge in [0.05, 0.1) is 17.7 Å². The number of para-hydroxylation sites is 1. The predicted octanol–water partition coefficient (Wildman–Crippen LogP) is 2.67. The molecule has 7 nitrogen and oxygen atoms in total. The van der Waals surface area contributed by atoms with E-state index in [2.05, 4.69) is 15.4 Å². The second kappa shape index (κ2) is 7.41. The van der Waals surface area contributed by atoms with Crippen molar-refractivity contribution >= 4 is 16.9 Å². The zero-order valence-electron chi connectivity index (χ0n) is 15.1. The average molecular weight is 360 g/mol. The van der Waals surface area contributed by atoms with E-state index in [0.29, 0.717) is 19.5 Å². The molecule has 2 heterocycles. The molecule has 136 valence electrons. The summed E-state index contributed by atoms with van der Waals surface area (Å²) in [5.74, 6) is 0.0686. The standard InChI is InChI=1S/C20H20N6O/c1-24(15-16-6-4-7-17(14-16)25-12-5-11-21-25)20(27)10-13-26-19-9-3-2-8-18(19)22-23-26/h2-9,11-12,14H,10,13,15H2,1H3. The third-order valence-electron chi connectivity index (χ3n) is 4.48. The Morgan fingerprint density at radius 3 is 2.85 bits per heavy atom. The number of hydrogen-bond acceptors (Lipinski definition) is 4. The van der Waals surface area contributed by atoms with Crippen LogP contribution in [0.25, 0.3) is 16.7 Å². The Kier molecular flexibility index (Phi) is 4.65. The highest BCUT2D eigenvalue weighted by Gasteiger charge is 2.12. The fourth-order valence-electron chi connectivity index (χ4n) is 3.06. The number of amides is 1. The van der Waals surface area contributed by atoms with Crippen LogP contribution in [-0.2, 0) is 17.9 Å². The fraction of sp³-hybridized carbons (Fsp3) is 0.200. The number of benzene rings is 2. The van der Waals surface area contributed by atoms with Gasteiger partial charge in [-0.3, -0.25) is 4.79 Å². The lowest BCUT2D eigenvalue weighted by Gasteiger charge is -2.18. The molecule has 0 unspecified atom stereocenters. The lowest BCUT2D eigenvalue weighted by atomic mass is 10.2. The SMILES string of the molecule is CN(Cc1cccc(-n2cccn2)c1)C(=O)CCn1nnc2ccccc21. The molecule has 4 rings (SSSR count).